The molecule has 1 fully saturated rings. The van der Waals surface area contributed by atoms with Gasteiger partial charge in [-0.05, 0) is 42.3 Å². The van der Waals surface area contributed by atoms with Crippen LogP contribution in [0.2, 0.25) is 10.0 Å². The van der Waals surface area contributed by atoms with Crippen molar-refractivity contribution in [3.05, 3.63) is 63.6 Å². The number of carbonyl (C=O) groups excluding carboxylic acids is 2. The summed E-state index contributed by atoms with van der Waals surface area (Å²) in [6, 6.07) is 12.8. The number of hydrogen-bond donors (Lipinski definition) is 1. The van der Waals surface area contributed by atoms with Gasteiger partial charge in [0.25, 0.3) is 0 Å². The molecule has 1 aliphatic heterocycles. The topological polar surface area (TPSA) is 49.4 Å². The van der Waals surface area contributed by atoms with E-state index in [4.69, 9.17) is 23.2 Å². The number of nitrogens with one attached hydrogen (secondary N) is 1. The molecule has 25 heavy (non-hydrogen) atoms. The zero-order valence-corrected chi connectivity index (χ0v) is 15.3. The summed E-state index contributed by atoms with van der Waals surface area (Å²) in [7, 11) is 0. The second kappa shape index (κ2) is 7.46. The van der Waals surface area contributed by atoms with E-state index in [1.165, 1.54) is 0 Å². The van der Waals surface area contributed by atoms with Gasteiger partial charge in [0.2, 0.25) is 11.8 Å². The summed E-state index contributed by atoms with van der Waals surface area (Å²) in [6.45, 7) is 2.69. The molecule has 0 aliphatic carbocycles. The fraction of sp³-hybridized carbons (Fsp3) is 0.263. The van der Waals surface area contributed by atoms with E-state index in [1.54, 1.807) is 23.1 Å². The third-order valence-electron chi connectivity index (χ3n) is 4.34. The molecule has 1 heterocycles. The second-order valence-corrected chi connectivity index (χ2v) is 7.03. The SMILES string of the molecule is Cc1ccc(N2CC(C(=O)NCc3ccc(Cl)cc3)CC2=O)cc1Cl. The molecule has 6 heteroatoms. The van der Waals surface area contributed by atoms with Gasteiger partial charge in [-0.15, -0.1) is 0 Å². The molecule has 0 saturated carbocycles. The van der Waals surface area contributed by atoms with Crippen LogP contribution in [0.25, 0.3) is 0 Å². The van der Waals surface area contributed by atoms with Crippen molar-refractivity contribution in [2.24, 2.45) is 5.92 Å². The predicted octanol–water partition coefficient (Wildman–Crippen LogP) is 3.97. The lowest BCUT2D eigenvalue weighted by Crippen LogP contribution is -2.32. The van der Waals surface area contributed by atoms with Gasteiger partial charge in [-0.25, -0.2) is 0 Å². The fourth-order valence-corrected chi connectivity index (χ4v) is 3.12. The van der Waals surface area contributed by atoms with Crippen LogP contribution in [-0.4, -0.2) is 18.4 Å². The van der Waals surface area contributed by atoms with Crippen LogP contribution in [0.5, 0.6) is 0 Å². The Balaban J connectivity index is 1.62. The third kappa shape index (κ3) is 4.14. The van der Waals surface area contributed by atoms with Crippen LogP contribution in [0.1, 0.15) is 17.5 Å². The molecule has 130 valence electrons. The molecule has 1 atom stereocenters. The molecule has 4 nitrogen and oxygen atoms in total. The molecule has 1 N–H and O–H groups in total. The van der Waals surface area contributed by atoms with Gasteiger partial charge in [-0.2, -0.15) is 0 Å². The quantitative estimate of drug-likeness (QED) is 0.877. The van der Waals surface area contributed by atoms with Gasteiger partial charge < -0.3 is 10.2 Å². The van der Waals surface area contributed by atoms with E-state index in [2.05, 4.69) is 5.32 Å². The Morgan fingerprint density at radius 3 is 2.60 bits per heavy atom. The summed E-state index contributed by atoms with van der Waals surface area (Å²) in [4.78, 5) is 26.3. The van der Waals surface area contributed by atoms with Crippen molar-refractivity contribution in [2.75, 3.05) is 11.4 Å². The first kappa shape index (κ1) is 17.8. The number of aryl methyl sites for hydroxylation is 1. The van der Waals surface area contributed by atoms with Gasteiger partial charge >= 0.3 is 0 Å². The zero-order chi connectivity index (χ0) is 18.0. The highest BCUT2D eigenvalue weighted by atomic mass is 35.5. The van der Waals surface area contributed by atoms with Gasteiger partial charge in [-0.1, -0.05) is 41.4 Å². The van der Waals surface area contributed by atoms with Crippen molar-refractivity contribution >= 4 is 40.7 Å². The minimum Gasteiger partial charge on any atom is -0.352 e. The van der Waals surface area contributed by atoms with Gasteiger partial charge in [0.05, 0.1) is 5.92 Å². The number of halogens is 2. The Morgan fingerprint density at radius 2 is 1.92 bits per heavy atom. The summed E-state index contributed by atoms with van der Waals surface area (Å²) < 4.78 is 0. The van der Waals surface area contributed by atoms with Crippen molar-refractivity contribution in [3.63, 3.8) is 0 Å². The highest BCUT2D eigenvalue weighted by Crippen LogP contribution is 2.28. The summed E-state index contributed by atoms with van der Waals surface area (Å²) in [5.41, 5.74) is 2.65. The number of nitrogens with zero attached hydrogens (tertiary/aromatic N) is 1. The molecule has 0 bridgehead atoms. The Kier molecular flexibility index (Phi) is 5.30. The molecule has 0 radical (unpaired) electrons. The number of rotatable bonds is 4. The molecule has 2 amide bonds. The van der Waals surface area contributed by atoms with Crippen LogP contribution in [0.15, 0.2) is 42.5 Å². The highest BCUT2D eigenvalue weighted by Gasteiger charge is 2.35. The maximum atomic E-state index is 12.4. The number of carbonyl (C=O) groups is 2. The number of benzene rings is 2. The number of anilines is 1. The standard InChI is InChI=1S/C19H18Cl2N2O2/c1-12-2-7-16(9-17(12)21)23-11-14(8-18(23)24)19(25)22-10-13-3-5-15(20)6-4-13/h2-7,9,14H,8,10-11H2,1H3,(H,22,25). The summed E-state index contributed by atoms with van der Waals surface area (Å²) in [5.74, 6) is -0.546. The molecule has 1 aliphatic rings. The number of amides is 2. The lowest BCUT2D eigenvalue weighted by atomic mass is 10.1. The zero-order valence-electron chi connectivity index (χ0n) is 13.8. The van der Waals surface area contributed by atoms with E-state index >= 15 is 0 Å². The van der Waals surface area contributed by atoms with Crippen molar-refractivity contribution in [1.29, 1.82) is 0 Å². The molecule has 3 rings (SSSR count). The maximum absolute atomic E-state index is 12.4. The monoisotopic (exact) mass is 376 g/mol. The predicted molar refractivity (Wildman–Crippen MR) is 99.9 cm³/mol. The molecular weight excluding hydrogens is 359 g/mol. The van der Waals surface area contributed by atoms with Crippen LogP contribution in [0.3, 0.4) is 0 Å². The van der Waals surface area contributed by atoms with E-state index in [0.717, 1.165) is 16.8 Å². The highest BCUT2D eigenvalue weighted by molar-refractivity contribution is 6.31. The first-order valence-corrected chi connectivity index (χ1v) is 8.78. The lowest BCUT2D eigenvalue weighted by molar-refractivity contribution is -0.126. The van der Waals surface area contributed by atoms with Crippen molar-refractivity contribution < 1.29 is 9.59 Å². The molecule has 0 spiro atoms. The van der Waals surface area contributed by atoms with Crippen LogP contribution >= 0.6 is 23.2 Å². The normalized spacial score (nSPS) is 17.0. The lowest BCUT2D eigenvalue weighted by Gasteiger charge is -2.17. The summed E-state index contributed by atoms with van der Waals surface area (Å²) in [5, 5.41) is 4.15. The maximum Gasteiger partial charge on any atom is 0.227 e. The van der Waals surface area contributed by atoms with E-state index in [0.29, 0.717) is 23.1 Å². The Morgan fingerprint density at radius 1 is 1.20 bits per heavy atom. The molecule has 0 aromatic heterocycles. The van der Waals surface area contributed by atoms with Crippen molar-refractivity contribution in [2.45, 2.75) is 19.9 Å². The van der Waals surface area contributed by atoms with Crippen molar-refractivity contribution in [1.82, 2.24) is 5.32 Å². The number of hydrogen-bond acceptors (Lipinski definition) is 2. The van der Waals surface area contributed by atoms with Crippen LogP contribution in [0, 0.1) is 12.8 Å². The molecular formula is C19H18Cl2N2O2. The van der Waals surface area contributed by atoms with Gasteiger partial charge in [0.15, 0.2) is 0 Å². The van der Waals surface area contributed by atoms with Crippen LogP contribution < -0.4 is 10.2 Å². The minimum absolute atomic E-state index is 0.0634. The molecule has 1 unspecified atom stereocenters. The van der Waals surface area contributed by atoms with E-state index in [-0.39, 0.29) is 24.2 Å². The average Bonchev–Trinajstić information content (AvgIpc) is 2.98. The van der Waals surface area contributed by atoms with E-state index in [9.17, 15) is 9.59 Å². The van der Waals surface area contributed by atoms with Crippen molar-refractivity contribution in [3.8, 4) is 0 Å². The first-order valence-electron chi connectivity index (χ1n) is 8.02. The van der Waals surface area contributed by atoms with Gasteiger partial charge in [0, 0.05) is 35.2 Å². The second-order valence-electron chi connectivity index (χ2n) is 6.18. The Hall–Kier alpha value is -2.04. The van der Waals surface area contributed by atoms with E-state index < -0.39 is 0 Å². The largest absolute Gasteiger partial charge is 0.352 e. The van der Waals surface area contributed by atoms with E-state index in [1.807, 2.05) is 31.2 Å². The average molecular weight is 377 g/mol. The Labute approximate surface area is 156 Å². The molecule has 2 aromatic rings. The minimum atomic E-state index is -0.361. The Bertz CT molecular complexity index is 806. The van der Waals surface area contributed by atoms with Crippen LogP contribution in [-0.2, 0) is 16.1 Å². The first-order chi connectivity index (χ1) is 11.9. The molecule has 2 aromatic carbocycles. The third-order valence-corrected chi connectivity index (χ3v) is 5.00. The smallest absolute Gasteiger partial charge is 0.227 e. The summed E-state index contributed by atoms with van der Waals surface area (Å²) >= 11 is 12.0. The summed E-state index contributed by atoms with van der Waals surface area (Å²) in [6.07, 6.45) is 0.206. The molecule has 1 saturated heterocycles. The van der Waals surface area contributed by atoms with Gasteiger partial charge in [-0.3, -0.25) is 9.59 Å². The van der Waals surface area contributed by atoms with Crippen LogP contribution in [0.4, 0.5) is 5.69 Å². The fourth-order valence-electron chi connectivity index (χ4n) is 2.82. The van der Waals surface area contributed by atoms with Gasteiger partial charge in [0.1, 0.15) is 0 Å².